The lowest BCUT2D eigenvalue weighted by atomic mass is 9.92. The molecule has 0 bridgehead atoms. The molecule has 0 radical (unpaired) electrons. The molecule has 2 N–H and O–H groups in total. The van der Waals surface area contributed by atoms with E-state index >= 15 is 0 Å². The molecular weight excluding hydrogens is 440 g/mol. The predicted molar refractivity (Wildman–Crippen MR) is 129 cm³/mol. The quantitative estimate of drug-likeness (QED) is 0.512. The number of ether oxygens (including phenoxy) is 1. The number of benzene rings is 2. The van der Waals surface area contributed by atoms with Crippen molar-refractivity contribution in [2.75, 3.05) is 18.0 Å². The number of para-hydroxylation sites is 1. The summed E-state index contributed by atoms with van der Waals surface area (Å²) >= 11 is 6.41. The fourth-order valence-corrected chi connectivity index (χ4v) is 5.00. The number of rotatable bonds is 4. The number of nitrogens with one attached hydrogen (secondary N) is 1. The van der Waals surface area contributed by atoms with E-state index in [2.05, 4.69) is 16.6 Å². The van der Waals surface area contributed by atoms with Crippen molar-refractivity contribution in [2.45, 2.75) is 44.7 Å². The Labute approximate surface area is 197 Å². The van der Waals surface area contributed by atoms with Crippen molar-refractivity contribution in [2.24, 2.45) is 0 Å². The zero-order valence-electron chi connectivity index (χ0n) is 18.5. The van der Waals surface area contributed by atoms with Crippen molar-refractivity contribution in [1.82, 2.24) is 15.1 Å². The summed E-state index contributed by atoms with van der Waals surface area (Å²) in [5.74, 6) is 1.18. The summed E-state index contributed by atoms with van der Waals surface area (Å²) in [4.78, 5) is 13.5. The van der Waals surface area contributed by atoms with Gasteiger partial charge in [-0.3, -0.25) is 9.58 Å². The van der Waals surface area contributed by atoms with Gasteiger partial charge in [0, 0.05) is 28.9 Å². The molecule has 2 aliphatic rings. The molecular formula is C25H27ClN4O3. The largest absolute Gasteiger partial charge is 0.465 e. The summed E-state index contributed by atoms with van der Waals surface area (Å²) < 4.78 is 8.45. The molecule has 1 atom stereocenters. The van der Waals surface area contributed by atoms with Gasteiger partial charge in [-0.15, -0.1) is 0 Å². The van der Waals surface area contributed by atoms with Gasteiger partial charge in [0.05, 0.1) is 22.9 Å². The van der Waals surface area contributed by atoms with Crippen LogP contribution in [0.2, 0.25) is 5.02 Å². The molecule has 0 saturated carbocycles. The maximum Gasteiger partial charge on any atom is 0.412 e. The molecule has 1 aromatic heterocycles. The number of hydrogen-bond acceptors (Lipinski definition) is 4. The molecule has 7 nitrogen and oxygen atoms in total. The third-order valence-corrected chi connectivity index (χ3v) is 6.91. The van der Waals surface area contributed by atoms with Gasteiger partial charge in [0.15, 0.2) is 0 Å². The molecule has 3 heterocycles. The minimum atomic E-state index is -0.960. The molecule has 172 valence electrons. The number of carbonyl (C=O) groups is 1. The van der Waals surface area contributed by atoms with Gasteiger partial charge in [0.25, 0.3) is 0 Å². The summed E-state index contributed by atoms with van der Waals surface area (Å²) in [6, 6.07) is 11.4. The smallest absolute Gasteiger partial charge is 0.412 e. The molecule has 2 aromatic carbocycles. The van der Waals surface area contributed by atoms with E-state index in [0.717, 1.165) is 55.5 Å². The molecule has 2 aliphatic heterocycles. The Bertz CT molecular complexity index is 1170. The van der Waals surface area contributed by atoms with Crippen LogP contribution in [0.3, 0.4) is 0 Å². The first-order valence-corrected chi connectivity index (χ1v) is 11.8. The summed E-state index contributed by atoms with van der Waals surface area (Å²) in [7, 11) is 0. The van der Waals surface area contributed by atoms with E-state index in [-0.39, 0.29) is 6.04 Å². The highest BCUT2D eigenvalue weighted by molar-refractivity contribution is 6.32. The molecule has 0 spiro atoms. The van der Waals surface area contributed by atoms with Crippen LogP contribution < -0.4 is 15.0 Å². The summed E-state index contributed by atoms with van der Waals surface area (Å²) in [6.07, 6.45) is 6.49. The molecule has 0 unspecified atom stereocenters. The lowest BCUT2D eigenvalue weighted by Gasteiger charge is -2.34. The fraction of sp³-hybridized carbons (Fsp3) is 0.360. The van der Waals surface area contributed by atoms with E-state index in [1.165, 1.54) is 4.90 Å². The number of halogens is 1. The van der Waals surface area contributed by atoms with Crippen LogP contribution in [-0.2, 0) is 6.42 Å². The number of hydrogen-bond donors (Lipinski definition) is 2. The molecule has 1 amide bonds. The van der Waals surface area contributed by atoms with Gasteiger partial charge in [0.2, 0.25) is 0 Å². The van der Waals surface area contributed by atoms with Gasteiger partial charge < -0.3 is 15.2 Å². The number of fused-ring (bicyclic) bond motifs is 1. The second-order valence-electron chi connectivity index (χ2n) is 8.70. The van der Waals surface area contributed by atoms with Crippen LogP contribution in [0.15, 0.2) is 48.8 Å². The second kappa shape index (κ2) is 9.08. The van der Waals surface area contributed by atoms with Crippen LogP contribution >= 0.6 is 11.6 Å². The molecule has 8 heteroatoms. The first kappa shape index (κ1) is 21.8. The van der Waals surface area contributed by atoms with Gasteiger partial charge in [-0.1, -0.05) is 23.7 Å². The third kappa shape index (κ3) is 4.18. The third-order valence-electron chi connectivity index (χ3n) is 6.60. The van der Waals surface area contributed by atoms with Crippen LogP contribution in [-0.4, -0.2) is 40.1 Å². The van der Waals surface area contributed by atoms with Gasteiger partial charge in [-0.25, -0.2) is 4.79 Å². The van der Waals surface area contributed by atoms with E-state index < -0.39 is 6.09 Å². The van der Waals surface area contributed by atoms with Gasteiger partial charge in [-0.2, -0.15) is 5.10 Å². The normalized spacial score (nSPS) is 18.7. The minimum Gasteiger partial charge on any atom is -0.465 e. The Kier molecular flexibility index (Phi) is 6.00. The molecule has 1 saturated heterocycles. The average molecular weight is 467 g/mol. The SMILES string of the molecule is C[C@H]1CCc2c(ccc(-c3cnn(C4CCNCC4)c3)c2Oc2ccccc2Cl)N1C(=O)O. The molecule has 1 fully saturated rings. The van der Waals surface area contributed by atoms with Crippen LogP contribution in [0, 0.1) is 0 Å². The van der Waals surface area contributed by atoms with E-state index in [0.29, 0.717) is 28.3 Å². The van der Waals surface area contributed by atoms with Gasteiger partial charge in [0.1, 0.15) is 11.5 Å². The Morgan fingerprint density at radius 1 is 1.18 bits per heavy atom. The molecule has 3 aromatic rings. The van der Waals surface area contributed by atoms with Gasteiger partial charge in [-0.05, 0) is 70.0 Å². The lowest BCUT2D eigenvalue weighted by Crippen LogP contribution is -2.41. The molecule has 33 heavy (non-hydrogen) atoms. The number of carboxylic acid groups (broad SMARTS) is 1. The summed E-state index contributed by atoms with van der Waals surface area (Å²) in [5.41, 5.74) is 3.37. The summed E-state index contributed by atoms with van der Waals surface area (Å²) in [5, 5.41) is 18.4. The van der Waals surface area contributed by atoms with Crippen LogP contribution in [0.4, 0.5) is 10.5 Å². The van der Waals surface area contributed by atoms with Crippen molar-refractivity contribution in [3.63, 3.8) is 0 Å². The van der Waals surface area contributed by atoms with Crippen LogP contribution in [0.1, 0.15) is 37.8 Å². The van der Waals surface area contributed by atoms with E-state index in [9.17, 15) is 9.90 Å². The first-order chi connectivity index (χ1) is 16.0. The maximum atomic E-state index is 12.0. The van der Waals surface area contributed by atoms with Crippen LogP contribution in [0.25, 0.3) is 11.1 Å². The van der Waals surface area contributed by atoms with Crippen LogP contribution in [0.5, 0.6) is 11.5 Å². The molecule has 5 rings (SSSR count). The number of nitrogens with zero attached hydrogens (tertiary/aromatic N) is 3. The predicted octanol–water partition coefficient (Wildman–Crippen LogP) is 5.74. The highest BCUT2D eigenvalue weighted by Crippen LogP contribution is 2.45. The standard InChI is InChI=1S/C25H27ClN4O3/c1-16-6-7-20-22(30(16)25(31)32)9-8-19(24(20)33-23-5-3-2-4-21(23)26)17-14-28-29(15-17)18-10-12-27-13-11-18/h2-5,8-9,14-16,18,27H,6-7,10-13H2,1H3,(H,31,32)/t16-/m0/s1. The Balaban J connectivity index is 1.61. The van der Waals surface area contributed by atoms with E-state index in [1.54, 1.807) is 6.07 Å². The lowest BCUT2D eigenvalue weighted by molar-refractivity contribution is 0.198. The highest BCUT2D eigenvalue weighted by atomic mass is 35.5. The summed E-state index contributed by atoms with van der Waals surface area (Å²) in [6.45, 7) is 3.91. The Morgan fingerprint density at radius 2 is 1.97 bits per heavy atom. The van der Waals surface area contributed by atoms with Gasteiger partial charge >= 0.3 is 6.09 Å². The van der Waals surface area contributed by atoms with E-state index in [4.69, 9.17) is 16.3 Å². The Hall–Kier alpha value is -3.03. The number of aromatic nitrogens is 2. The Morgan fingerprint density at radius 3 is 2.73 bits per heavy atom. The monoisotopic (exact) mass is 466 g/mol. The minimum absolute atomic E-state index is 0.100. The topological polar surface area (TPSA) is 79.6 Å². The zero-order chi connectivity index (χ0) is 22.9. The fourth-order valence-electron chi connectivity index (χ4n) is 4.83. The van der Waals surface area contributed by atoms with Crippen molar-refractivity contribution < 1.29 is 14.6 Å². The molecule has 0 aliphatic carbocycles. The maximum absolute atomic E-state index is 12.0. The average Bonchev–Trinajstić information content (AvgIpc) is 3.31. The van der Waals surface area contributed by atoms with E-state index in [1.807, 2.05) is 48.1 Å². The van der Waals surface area contributed by atoms with Crippen molar-refractivity contribution in [1.29, 1.82) is 0 Å². The first-order valence-electron chi connectivity index (χ1n) is 11.4. The van der Waals surface area contributed by atoms with Crippen molar-refractivity contribution in [3.8, 4) is 22.6 Å². The van der Waals surface area contributed by atoms with Crippen molar-refractivity contribution >= 4 is 23.4 Å². The number of piperidine rings is 1. The highest BCUT2D eigenvalue weighted by Gasteiger charge is 2.32. The zero-order valence-corrected chi connectivity index (χ0v) is 19.3. The number of amides is 1. The second-order valence-corrected chi connectivity index (χ2v) is 9.11. The number of anilines is 1. The van der Waals surface area contributed by atoms with Crippen molar-refractivity contribution in [3.05, 3.63) is 59.4 Å².